The molecule has 5 heteroatoms. The highest BCUT2D eigenvalue weighted by molar-refractivity contribution is 9.10. The Kier molecular flexibility index (Phi) is 3.56. The summed E-state index contributed by atoms with van der Waals surface area (Å²) in [5.74, 6) is 0.113. The number of nitrogens with zero attached hydrogens (tertiary/aromatic N) is 1. The zero-order valence-corrected chi connectivity index (χ0v) is 10.9. The molecule has 0 bridgehead atoms. The molecule has 2 nitrogen and oxygen atoms in total. The number of aryl methyl sites for hydroxylation is 1. The standard InChI is InChI=1S/C11H9BrFNOS/c1-2-8-6-16-11(14-8)15-10-5-7(13)3-4-9(10)12/h3-6H,2H2,1H3. The molecule has 0 radical (unpaired) electrons. The minimum Gasteiger partial charge on any atom is -0.430 e. The van der Waals surface area contributed by atoms with E-state index >= 15 is 0 Å². The van der Waals surface area contributed by atoms with E-state index in [2.05, 4.69) is 20.9 Å². The Morgan fingerprint density at radius 1 is 1.50 bits per heavy atom. The Hall–Kier alpha value is -0.940. The zero-order valence-electron chi connectivity index (χ0n) is 8.54. The minimum absolute atomic E-state index is 0.328. The van der Waals surface area contributed by atoms with E-state index in [1.165, 1.54) is 23.5 Å². The molecule has 2 aromatic rings. The van der Waals surface area contributed by atoms with Crippen molar-refractivity contribution in [3.05, 3.63) is 39.6 Å². The second kappa shape index (κ2) is 4.93. The number of thiazole rings is 1. The molecular formula is C11H9BrFNOS. The number of ether oxygens (including phenoxy) is 1. The molecule has 2 rings (SSSR count). The lowest BCUT2D eigenvalue weighted by molar-refractivity contribution is 0.469. The Morgan fingerprint density at radius 2 is 2.31 bits per heavy atom. The van der Waals surface area contributed by atoms with E-state index in [4.69, 9.17) is 4.74 Å². The Morgan fingerprint density at radius 3 is 3.00 bits per heavy atom. The maximum atomic E-state index is 13.0. The van der Waals surface area contributed by atoms with Gasteiger partial charge in [0.2, 0.25) is 0 Å². The van der Waals surface area contributed by atoms with Gasteiger partial charge in [-0.15, -0.1) is 0 Å². The van der Waals surface area contributed by atoms with Crippen molar-refractivity contribution in [3.8, 4) is 10.9 Å². The van der Waals surface area contributed by atoms with Crippen LogP contribution in [0.3, 0.4) is 0 Å². The molecule has 0 amide bonds. The summed E-state index contributed by atoms with van der Waals surface area (Å²) in [6, 6.07) is 4.31. The van der Waals surface area contributed by atoms with Gasteiger partial charge in [0.25, 0.3) is 5.19 Å². The summed E-state index contributed by atoms with van der Waals surface area (Å²) in [7, 11) is 0. The van der Waals surface area contributed by atoms with Gasteiger partial charge < -0.3 is 4.74 Å². The number of rotatable bonds is 3. The van der Waals surface area contributed by atoms with Crippen LogP contribution in [0.5, 0.6) is 10.9 Å². The number of hydrogen-bond acceptors (Lipinski definition) is 3. The molecule has 16 heavy (non-hydrogen) atoms. The summed E-state index contributed by atoms with van der Waals surface area (Å²) in [6.07, 6.45) is 0.865. The van der Waals surface area contributed by atoms with Gasteiger partial charge in [-0.1, -0.05) is 18.3 Å². The summed E-state index contributed by atoms with van der Waals surface area (Å²) in [5.41, 5.74) is 0.979. The molecule has 0 aliphatic heterocycles. The molecule has 84 valence electrons. The predicted octanol–water partition coefficient (Wildman–Crippen LogP) is 4.40. The lowest BCUT2D eigenvalue weighted by atomic mass is 10.3. The Labute approximate surface area is 105 Å². The van der Waals surface area contributed by atoms with Crippen LogP contribution < -0.4 is 4.74 Å². The van der Waals surface area contributed by atoms with Crippen LogP contribution in [0.15, 0.2) is 28.1 Å². The monoisotopic (exact) mass is 301 g/mol. The van der Waals surface area contributed by atoms with Gasteiger partial charge in [-0.25, -0.2) is 9.37 Å². The topological polar surface area (TPSA) is 22.1 Å². The third-order valence-electron chi connectivity index (χ3n) is 1.98. The van der Waals surface area contributed by atoms with Crippen LogP contribution in [0.4, 0.5) is 4.39 Å². The second-order valence-electron chi connectivity index (χ2n) is 3.14. The van der Waals surface area contributed by atoms with Gasteiger partial charge in [-0.2, -0.15) is 0 Å². The molecule has 0 unspecified atom stereocenters. The fourth-order valence-corrected chi connectivity index (χ4v) is 2.24. The van der Waals surface area contributed by atoms with Crippen LogP contribution in [0.2, 0.25) is 0 Å². The molecule has 0 saturated carbocycles. The third kappa shape index (κ3) is 2.59. The fourth-order valence-electron chi connectivity index (χ4n) is 1.15. The van der Waals surface area contributed by atoms with E-state index in [1.54, 1.807) is 6.07 Å². The van der Waals surface area contributed by atoms with E-state index in [0.29, 0.717) is 15.4 Å². The van der Waals surface area contributed by atoms with Gasteiger partial charge in [0.15, 0.2) is 0 Å². The highest BCUT2D eigenvalue weighted by Gasteiger charge is 2.07. The molecular weight excluding hydrogens is 293 g/mol. The maximum Gasteiger partial charge on any atom is 0.278 e. The summed E-state index contributed by atoms with van der Waals surface area (Å²) in [6.45, 7) is 2.02. The van der Waals surface area contributed by atoms with Crippen molar-refractivity contribution in [3.63, 3.8) is 0 Å². The minimum atomic E-state index is -0.328. The van der Waals surface area contributed by atoms with Gasteiger partial charge >= 0.3 is 0 Å². The third-order valence-corrected chi connectivity index (χ3v) is 3.40. The molecule has 1 heterocycles. The molecule has 0 atom stereocenters. The molecule has 0 aliphatic rings. The van der Waals surface area contributed by atoms with Crippen LogP contribution in [-0.2, 0) is 6.42 Å². The van der Waals surface area contributed by atoms with Crippen LogP contribution >= 0.6 is 27.3 Å². The highest BCUT2D eigenvalue weighted by Crippen LogP contribution is 2.31. The number of halogens is 2. The highest BCUT2D eigenvalue weighted by atomic mass is 79.9. The van der Waals surface area contributed by atoms with Gasteiger partial charge in [0.05, 0.1) is 10.2 Å². The lowest BCUT2D eigenvalue weighted by Gasteiger charge is -2.03. The average molecular weight is 302 g/mol. The van der Waals surface area contributed by atoms with Gasteiger partial charge in [0.1, 0.15) is 11.6 Å². The molecule has 0 N–H and O–H groups in total. The normalized spacial score (nSPS) is 10.4. The second-order valence-corrected chi connectivity index (χ2v) is 4.81. The molecule has 0 saturated heterocycles. The van der Waals surface area contributed by atoms with E-state index in [1.807, 2.05) is 12.3 Å². The van der Waals surface area contributed by atoms with Crippen molar-refractivity contribution in [2.24, 2.45) is 0 Å². The molecule has 1 aromatic carbocycles. The van der Waals surface area contributed by atoms with E-state index in [-0.39, 0.29) is 5.82 Å². The SMILES string of the molecule is CCc1csc(Oc2cc(F)ccc2Br)n1. The summed E-state index contributed by atoms with van der Waals surface area (Å²) in [4.78, 5) is 4.25. The summed E-state index contributed by atoms with van der Waals surface area (Å²) >= 11 is 4.70. The van der Waals surface area contributed by atoms with Crippen LogP contribution in [-0.4, -0.2) is 4.98 Å². The van der Waals surface area contributed by atoms with Crippen molar-refractivity contribution in [2.45, 2.75) is 13.3 Å². The number of benzene rings is 1. The van der Waals surface area contributed by atoms with Crippen LogP contribution in [0.25, 0.3) is 0 Å². The van der Waals surface area contributed by atoms with E-state index in [0.717, 1.165) is 12.1 Å². The zero-order chi connectivity index (χ0) is 11.5. The molecule has 0 fully saturated rings. The molecule has 0 aliphatic carbocycles. The first-order valence-electron chi connectivity index (χ1n) is 4.76. The fraction of sp³-hybridized carbons (Fsp3) is 0.182. The number of aromatic nitrogens is 1. The van der Waals surface area contributed by atoms with Crippen molar-refractivity contribution in [1.82, 2.24) is 4.98 Å². The van der Waals surface area contributed by atoms with E-state index in [9.17, 15) is 4.39 Å². The predicted molar refractivity (Wildman–Crippen MR) is 65.7 cm³/mol. The molecule has 0 spiro atoms. The first-order valence-corrected chi connectivity index (χ1v) is 6.43. The largest absolute Gasteiger partial charge is 0.430 e. The van der Waals surface area contributed by atoms with Crippen molar-refractivity contribution >= 4 is 27.3 Å². The van der Waals surface area contributed by atoms with Gasteiger partial charge in [-0.05, 0) is 34.5 Å². The van der Waals surface area contributed by atoms with Crippen molar-refractivity contribution in [2.75, 3.05) is 0 Å². The van der Waals surface area contributed by atoms with Crippen molar-refractivity contribution in [1.29, 1.82) is 0 Å². The van der Waals surface area contributed by atoms with Crippen molar-refractivity contribution < 1.29 is 9.13 Å². The summed E-state index contributed by atoms with van der Waals surface area (Å²) in [5, 5.41) is 2.46. The van der Waals surface area contributed by atoms with Gasteiger partial charge in [-0.3, -0.25) is 0 Å². The van der Waals surface area contributed by atoms with Crippen LogP contribution in [0.1, 0.15) is 12.6 Å². The molecule has 1 aromatic heterocycles. The Balaban J connectivity index is 2.22. The average Bonchev–Trinajstić information content (AvgIpc) is 2.71. The summed E-state index contributed by atoms with van der Waals surface area (Å²) < 4.78 is 19.2. The van der Waals surface area contributed by atoms with E-state index < -0.39 is 0 Å². The first-order chi connectivity index (χ1) is 7.69. The Bertz CT molecular complexity index is 500. The van der Waals surface area contributed by atoms with Gasteiger partial charge in [0, 0.05) is 11.4 Å². The number of hydrogen-bond donors (Lipinski definition) is 0. The van der Waals surface area contributed by atoms with Crippen LogP contribution in [0, 0.1) is 5.82 Å². The first kappa shape index (κ1) is 11.5. The lowest BCUT2D eigenvalue weighted by Crippen LogP contribution is -1.87. The maximum absolute atomic E-state index is 13.0. The smallest absolute Gasteiger partial charge is 0.278 e. The quantitative estimate of drug-likeness (QED) is 0.838.